The Morgan fingerprint density at radius 1 is 1.09 bits per heavy atom. The summed E-state index contributed by atoms with van der Waals surface area (Å²) in [7, 11) is 1.80. The summed E-state index contributed by atoms with van der Waals surface area (Å²) in [6.45, 7) is 4.27. The van der Waals surface area contributed by atoms with Crippen LogP contribution in [0.3, 0.4) is 0 Å². The van der Waals surface area contributed by atoms with E-state index in [0.717, 1.165) is 6.54 Å². The molecule has 0 saturated carbocycles. The topological polar surface area (TPSA) is 121 Å². The second-order valence-electron chi connectivity index (χ2n) is 9.87. The highest BCUT2D eigenvalue weighted by molar-refractivity contribution is 5.83. The zero-order valence-electron chi connectivity index (χ0n) is 18.9. The molecule has 5 rings (SSSR count). The molecular weight excluding hydrogens is 436 g/mol. The Morgan fingerprint density at radius 2 is 1.85 bits per heavy atom. The number of carbonyl (C=O) groups is 2. The first-order chi connectivity index (χ1) is 15.8. The number of hydrogen-bond donors (Lipinski definition) is 5. The number of nitrogens with two attached hydrogens (primary N) is 1. The maximum Gasteiger partial charge on any atom is 0.241 e. The van der Waals surface area contributed by atoms with Gasteiger partial charge in [-0.1, -0.05) is 0 Å². The van der Waals surface area contributed by atoms with Crippen LogP contribution in [0.5, 0.6) is 0 Å². The molecule has 8 atom stereocenters. The summed E-state index contributed by atoms with van der Waals surface area (Å²) in [6.07, 6.45) is -3.30. The first kappa shape index (κ1) is 23.3. The molecule has 8 unspecified atom stereocenters. The Hall–Kier alpha value is -1.48. The van der Waals surface area contributed by atoms with Crippen molar-refractivity contribution in [2.75, 3.05) is 66.0 Å². The van der Waals surface area contributed by atoms with Crippen LogP contribution in [-0.4, -0.2) is 140 Å². The number of nitrogens with zero attached hydrogens (tertiary/aromatic N) is 4. The number of halogens is 2. The molecule has 0 aromatic carbocycles. The molecule has 5 fully saturated rings. The van der Waals surface area contributed by atoms with Crippen molar-refractivity contribution in [1.29, 1.82) is 0 Å². The van der Waals surface area contributed by atoms with Gasteiger partial charge in [-0.05, 0) is 0 Å². The maximum atomic E-state index is 15.2. The Balaban J connectivity index is 1.28. The summed E-state index contributed by atoms with van der Waals surface area (Å²) in [4.78, 5) is 31.9. The quantitative estimate of drug-likeness (QED) is 0.282. The van der Waals surface area contributed by atoms with Crippen molar-refractivity contribution < 1.29 is 18.4 Å². The summed E-state index contributed by atoms with van der Waals surface area (Å²) >= 11 is 0. The molecule has 0 aromatic heterocycles. The molecule has 2 amide bonds. The minimum Gasteiger partial charge on any atom is -0.350 e. The number of piperazine rings is 2. The monoisotopic (exact) mass is 471 g/mol. The zero-order valence-corrected chi connectivity index (χ0v) is 18.9. The van der Waals surface area contributed by atoms with Crippen LogP contribution in [0.2, 0.25) is 0 Å². The lowest BCUT2D eigenvalue weighted by Crippen LogP contribution is -2.71. The van der Waals surface area contributed by atoms with Gasteiger partial charge in [0.05, 0.1) is 30.3 Å². The molecule has 5 aliphatic heterocycles. The predicted molar refractivity (Wildman–Crippen MR) is 116 cm³/mol. The summed E-state index contributed by atoms with van der Waals surface area (Å²) in [5, 5.41) is 10.8. The van der Waals surface area contributed by atoms with Crippen molar-refractivity contribution in [3.05, 3.63) is 0 Å². The van der Waals surface area contributed by atoms with Crippen molar-refractivity contribution in [3.63, 3.8) is 0 Å². The van der Waals surface area contributed by atoms with Crippen LogP contribution in [0.25, 0.3) is 0 Å². The van der Waals surface area contributed by atoms with Gasteiger partial charge in [0.2, 0.25) is 11.8 Å². The third-order valence-electron chi connectivity index (χ3n) is 7.77. The van der Waals surface area contributed by atoms with Crippen LogP contribution in [0.4, 0.5) is 8.78 Å². The molecule has 186 valence electrons. The highest BCUT2D eigenvalue weighted by Gasteiger charge is 2.49. The van der Waals surface area contributed by atoms with E-state index in [4.69, 9.17) is 5.73 Å². The number of nitrogens with one attached hydrogen (secondary N) is 4. The molecule has 0 radical (unpaired) electrons. The predicted octanol–water partition coefficient (Wildman–Crippen LogP) is -3.77. The standard InChI is InChI=1S/C20H35F2N9O2/c1-28-2-3-29-4-5-30(10-14(29)20(28)33)16-12(22)7-24-8-13(16)26-19(32)15-17(23)27-31-9-11(21)6-25-18(15)31/h11-18,24-25,27H,2-10,23H2,1H3,(H,26,32). The highest BCUT2D eigenvalue weighted by Crippen LogP contribution is 2.25. The van der Waals surface area contributed by atoms with Gasteiger partial charge < -0.3 is 21.3 Å². The molecule has 33 heavy (non-hydrogen) atoms. The van der Waals surface area contributed by atoms with E-state index in [1.165, 1.54) is 0 Å². The molecule has 13 heteroatoms. The number of hydrogen-bond acceptors (Lipinski definition) is 9. The largest absolute Gasteiger partial charge is 0.350 e. The fourth-order valence-electron chi connectivity index (χ4n) is 6.01. The molecule has 5 aliphatic rings. The summed E-state index contributed by atoms with van der Waals surface area (Å²) in [5.41, 5.74) is 9.15. The van der Waals surface area contributed by atoms with Gasteiger partial charge in [0.25, 0.3) is 0 Å². The van der Waals surface area contributed by atoms with Crippen molar-refractivity contribution in [2.24, 2.45) is 11.7 Å². The number of hydrazine groups is 1. The molecule has 0 bridgehead atoms. The number of rotatable bonds is 3. The van der Waals surface area contributed by atoms with Crippen molar-refractivity contribution in [2.45, 2.75) is 42.8 Å². The first-order valence-electron chi connectivity index (χ1n) is 11.9. The fraction of sp³-hybridized carbons (Fsp3) is 0.900. The lowest BCUT2D eigenvalue weighted by Gasteiger charge is -2.50. The van der Waals surface area contributed by atoms with Crippen molar-refractivity contribution >= 4 is 11.8 Å². The van der Waals surface area contributed by atoms with E-state index >= 15 is 4.39 Å². The Morgan fingerprint density at radius 3 is 2.67 bits per heavy atom. The summed E-state index contributed by atoms with van der Waals surface area (Å²) < 4.78 is 29.0. The maximum absolute atomic E-state index is 15.2. The van der Waals surface area contributed by atoms with E-state index in [2.05, 4.69) is 26.3 Å². The highest BCUT2D eigenvalue weighted by atomic mass is 19.1. The van der Waals surface area contributed by atoms with Gasteiger partial charge in [0.1, 0.15) is 18.4 Å². The number of carbonyl (C=O) groups excluding carboxylic acids is 2. The average Bonchev–Trinajstić information content (AvgIpc) is 3.11. The summed E-state index contributed by atoms with van der Waals surface area (Å²) in [5.74, 6) is -0.859. The van der Waals surface area contributed by atoms with Gasteiger partial charge in [-0.2, -0.15) is 0 Å². The van der Waals surface area contributed by atoms with Gasteiger partial charge in [0, 0.05) is 66.0 Å². The zero-order chi connectivity index (χ0) is 23.3. The molecule has 11 nitrogen and oxygen atoms in total. The van der Waals surface area contributed by atoms with Crippen LogP contribution < -0.4 is 27.1 Å². The normalized spacial score (nSPS) is 43.3. The molecule has 0 spiro atoms. The third kappa shape index (κ3) is 4.35. The smallest absolute Gasteiger partial charge is 0.241 e. The fourth-order valence-corrected chi connectivity index (χ4v) is 6.01. The number of piperidine rings is 1. The second-order valence-corrected chi connectivity index (χ2v) is 9.87. The summed E-state index contributed by atoms with van der Waals surface area (Å²) in [6, 6.07) is -1.28. The van der Waals surface area contributed by atoms with Crippen molar-refractivity contribution in [1.82, 2.24) is 41.1 Å². The lowest BCUT2D eigenvalue weighted by molar-refractivity contribution is -0.145. The number of likely N-dealkylation sites (N-methyl/N-ethyl adjacent to an activating group) is 1. The van der Waals surface area contributed by atoms with E-state index in [9.17, 15) is 14.0 Å². The van der Waals surface area contributed by atoms with Gasteiger partial charge in [-0.15, -0.1) is 0 Å². The second kappa shape index (κ2) is 9.29. The van der Waals surface area contributed by atoms with Crippen molar-refractivity contribution in [3.8, 4) is 0 Å². The molecule has 5 heterocycles. The minimum atomic E-state index is -1.18. The SMILES string of the molecule is CN1CCN2CCN(C3C(F)CNCC3NC(=O)C3C(N)NN4CC(F)CNC34)CC2C1=O. The molecule has 5 saturated heterocycles. The van der Waals surface area contributed by atoms with Gasteiger partial charge >= 0.3 is 0 Å². The number of amides is 2. The van der Waals surface area contributed by atoms with E-state index in [1.54, 1.807) is 17.0 Å². The van der Waals surface area contributed by atoms with Crippen LogP contribution in [0.15, 0.2) is 0 Å². The van der Waals surface area contributed by atoms with Crippen LogP contribution in [-0.2, 0) is 9.59 Å². The van der Waals surface area contributed by atoms with E-state index < -0.39 is 42.7 Å². The van der Waals surface area contributed by atoms with Gasteiger partial charge in [-0.25, -0.2) is 19.2 Å². The van der Waals surface area contributed by atoms with E-state index in [0.29, 0.717) is 32.7 Å². The average molecular weight is 472 g/mol. The molecule has 0 aliphatic carbocycles. The molecule has 6 N–H and O–H groups in total. The van der Waals surface area contributed by atoms with Crippen LogP contribution in [0.1, 0.15) is 0 Å². The van der Waals surface area contributed by atoms with Gasteiger partial charge in [0.15, 0.2) is 0 Å². The number of fused-ring (bicyclic) bond motifs is 2. The Bertz CT molecular complexity index is 763. The molecular formula is C20H35F2N9O2. The lowest BCUT2D eigenvalue weighted by atomic mass is 9.93. The third-order valence-corrected chi connectivity index (χ3v) is 7.77. The van der Waals surface area contributed by atoms with E-state index in [-0.39, 0.29) is 37.5 Å². The minimum absolute atomic E-state index is 0.0634. The van der Waals surface area contributed by atoms with E-state index in [1.807, 2.05) is 4.90 Å². The Labute approximate surface area is 192 Å². The first-order valence-corrected chi connectivity index (χ1v) is 11.9. The van der Waals surface area contributed by atoms with Crippen LogP contribution in [0, 0.1) is 5.92 Å². The number of alkyl halides is 2. The molecule has 0 aromatic rings. The van der Waals surface area contributed by atoms with Gasteiger partial charge in [-0.3, -0.25) is 24.7 Å². The Kier molecular flexibility index (Phi) is 6.55. The van der Waals surface area contributed by atoms with Crippen LogP contribution >= 0.6 is 0 Å².